The molecule has 0 amide bonds. The summed E-state index contributed by atoms with van der Waals surface area (Å²) in [6.07, 6.45) is 5.31. The topological polar surface area (TPSA) is 30.5 Å². The Bertz CT molecular complexity index is 350. The van der Waals surface area contributed by atoms with Gasteiger partial charge in [0.15, 0.2) is 0 Å². The lowest BCUT2D eigenvalue weighted by Gasteiger charge is -2.03. The van der Waals surface area contributed by atoms with E-state index in [-0.39, 0.29) is 0 Å². The van der Waals surface area contributed by atoms with Crippen molar-refractivity contribution in [3.8, 4) is 5.75 Å². The Morgan fingerprint density at radius 1 is 1.28 bits per heavy atom. The SMILES string of the molecule is CCOc1cccc(C=CCCNCCOC)c1. The molecule has 100 valence electrons. The molecule has 1 aromatic rings. The molecule has 0 radical (unpaired) electrons. The third-order valence-electron chi connectivity index (χ3n) is 2.45. The van der Waals surface area contributed by atoms with Gasteiger partial charge in [0, 0.05) is 13.7 Å². The van der Waals surface area contributed by atoms with Crippen LogP contribution in [0, 0.1) is 0 Å². The Kier molecular flexibility index (Phi) is 7.93. The van der Waals surface area contributed by atoms with E-state index in [1.807, 2.05) is 19.1 Å². The number of ether oxygens (including phenoxy) is 2. The monoisotopic (exact) mass is 249 g/mol. The number of nitrogens with one attached hydrogen (secondary N) is 1. The maximum atomic E-state index is 5.46. The number of methoxy groups -OCH3 is 1. The highest BCUT2D eigenvalue weighted by atomic mass is 16.5. The van der Waals surface area contributed by atoms with Crippen molar-refractivity contribution in [2.75, 3.05) is 33.4 Å². The quantitative estimate of drug-likeness (QED) is 0.683. The van der Waals surface area contributed by atoms with Gasteiger partial charge in [-0.15, -0.1) is 0 Å². The van der Waals surface area contributed by atoms with Crippen molar-refractivity contribution in [1.29, 1.82) is 0 Å². The van der Waals surface area contributed by atoms with Gasteiger partial charge in [0.1, 0.15) is 5.75 Å². The van der Waals surface area contributed by atoms with Crippen LogP contribution in [0.5, 0.6) is 5.75 Å². The second kappa shape index (κ2) is 9.68. The first-order valence-corrected chi connectivity index (χ1v) is 6.46. The summed E-state index contributed by atoms with van der Waals surface area (Å²) in [5.41, 5.74) is 1.18. The van der Waals surface area contributed by atoms with Gasteiger partial charge >= 0.3 is 0 Å². The standard InChI is InChI=1S/C15H23NO2/c1-3-18-15-9-6-8-14(13-15)7-4-5-10-16-11-12-17-2/h4,6-9,13,16H,3,5,10-12H2,1-2H3. The zero-order valence-corrected chi connectivity index (χ0v) is 11.3. The molecule has 0 aromatic heterocycles. The van der Waals surface area contributed by atoms with Crippen LogP contribution in [0.15, 0.2) is 30.3 Å². The summed E-state index contributed by atoms with van der Waals surface area (Å²) in [5, 5.41) is 3.30. The summed E-state index contributed by atoms with van der Waals surface area (Å²) in [6.45, 7) is 5.35. The van der Waals surface area contributed by atoms with E-state index in [0.29, 0.717) is 6.61 Å². The highest BCUT2D eigenvalue weighted by Gasteiger charge is 1.92. The molecule has 0 aliphatic heterocycles. The number of hydrogen-bond donors (Lipinski definition) is 1. The Hall–Kier alpha value is -1.32. The van der Waals surface area contributed by atoms with Gasteiger partial charge in [-0.25, -0.2) is 0 Å². The van der Waals surface area contributed by atoms with Crippen molar-refractivity contribution in [1.82, 2.24) is 5.32 Å². The van der Waals surface area contributed by atoms with Crippen LogP contribution in [0.25, 0.3) is 6.08 Å². The minimum Gasteiger partial charge on any atom is -0.494 e. The number of benzene rings is 1. The zero-order chi connectivity index (χ0) is 13.1. The molecule has 3 nitrogen and oxygen atoms in total. The normalized spacial score (nSPS) is 11.0. The predicted octanol–water partition coefficient (Wildman–Crippen LogP) is 2.72. The summed E-state index contributed by atoms with van der Waals surface area (Å²) >= 11 is 0. The van der Waals surface area contributed by atoms with Crippen molar-refractivity contribution < 1.29 is 9.47 Å². The molecule has 1 rings (SSSR count). The first-order valence-electron chi connectivity index (χ1n) is 6.46. The highest BCUT2D eigenvalue weighted by Crippen LogP contribution is 2.14. The molecule has 1 N–H and O–H groups in total. The summed E-state index contributed by atoms with van der Waals surface area (Å²) in [7, 11) is 1.72. The van der Waals surface area contributed by atoms with Crippen molar-refractivity contribution in [2.24, 2.45) is 0 Å². The molecule has 0 saturated carbocycles. The summed E-state index contributed by atoms with van der Waals surface area (Å²) in [4.78, 5) is 0. The molecule has 0 unspecified atom stereocenters. The Morgan fingerprint density at radius 2 is 2.17 bits per heavy atom. The fourth-order valence-electron chi connectivity index (χ4n) is 1.58. The van der Waals surface area contributed by atoms with Crippen LogP contribution in [0.1, 0.15) is 18.9 Å². The number of rotatable bonds is 9. The van der Waals surface area contributed by atoms with Gasteiger partial charge in [0.2, 0.25) is 0 Å². The maximum absolute atomic E-state index is 5.46. The zero-order valence-electron chi connectivity index (χ0n) is 11.3. The van der Waals surface area contributed by atoms with Crippen LogP contribution >= 0.6 is 0 Å². The first kappa shape index (κ1) is 14.7. The maximum Gasteiger partial charge on any atom is 0.119 e. The molecular weight excluding hydrogens is 226 g/mol. The van der Waals surface area contributed by atoms with Crippen molar-refractivity contribution in [3.05, 3.63) is 35.9 Å². The van der Waals surface area contributed by atoms with Crippen LogP contribution in [0.2, 0.25) is 0 Å². The van der Waals surface area contributed by atoms with Crippen molar-refractivity contribution in [3.63, 3.8) is 0 Å². The predicted molar refractivity (Wildman–Crippen MR) is 76.0 cm³/mol. The summed E-state index contributed by atoms with van der Waals surface area (Å²) in [6, 6.07) is 8.13. The molecule has 0 atom stereocenters. The lowest BCUT2D eigenvalue weighted by Crippen LogP contribution is -2.19. The van der Waals surface area contributed by atoms with Crippen LogP contribution in [-0.4, -0.2) is 33.4 Å². The van der Waals surface area contributed by atoms with Gasteiger partial charge in [0.25, 0.3) is 0 Å². The van der Waals surface area contributed by atoms with Gasteiger partial charge in [-0.1, -0.05) is 24.3 Å². The highest BCUT2D eigenvalue weighted by molar-refractivity contribution is 5.51. The first-order chi connectivity index (χ1) is 8.86. The van der Waals surface area contributed by atoms with E-state index in [1.165, 1.54) is 5.56 Å². The Balaban J connectivity index is 2.26. The van der Waals surface area contributed by atoms with E-state index in [1.54, 1.807) is 7.11 Å². The molecule has 18 heavy (non-hydrogen) atoms. The average molecular weight is 249 g/mol. The van der Waals surface area contributed by atoms with Gasteiger partial charge in [-0.2, -0.15) is 0 Å². The molecule has 0 saturated heterocycles. The third-order valence-corrected chi connectivity index (χ3v) is 2.45. The molecule has 0 aliphatic carbocycles. The summed E-state index contributed by atoms with van der Waals surface area (Å²) in [5.74, 6) is 0.929. The molecule has 0 heterocycles. The van der Waals surface area contributed by atoms with E-state index < -0.39 is 0 Å². The van der Waals surface area contributed by atoms with E-state index in [4.69, 9.17) is 9.47 Å². The molecule has 0 aliphatic rings. The van der Waals surface area contributed by atoms with Crippen LogP contribution in [0.3, 0.4) is 0 Å². The third kappa shape index (κ3) is 6.42. The molecule has 0 spiro atoms. The van der Waals surface area contributed by atoms with Crippen LogP contribution in [-0.2, 0) is 4.74 Å². The summed E-state index contributed by atoms with van der Waals surface area (Å²) < 4.78 is 10.4. The van der Waals surface area contributed by atoms with E-state index in [9.17, 15) is 0 Å². The fourth-order valence-corrected chi connectivity index (χ4v) is 1.58. The van der Waals surface area contributed by atoms with Crippen LogP contribution < -0.4 is 10.1 Å². The van der Waals surface area contributed by atoms with Gasteiger partial charge in [-0.3, -0.25) is 0 Å². The minimum atomic E-state index is 0.705. The average Bonchev–Trinajstić information content (AvgIpc) is 2.39. The lowest BCUT2D eigenvalue weighted by molar-refractivity contribution is 0.199. The molecule has 3 heteroatoms. The minimum absolute atomic E-state index is 0.705. The molecule has 0 fully saturated rings. The second-order valence-corrected chi connectivity index (χ2v) is 3.94. The van der Waals surface area contributed by atoms with Crippen molar-refractivity contribution >= 4 is 6.08 Å². The fraction of sp³-hybridized carbons (Fsp3) is 0.467. The van der Waals surface area contributed by atoms with Gasteiger partial charge in [0.05, 0.1) is 13.2 Å². The molecule has 0 bridgehead atoms. The van der Waals surface area contributed by atoms with E-state index in [0.717, 1.165) is 31.9 Å². The smallest absolute Gasteiger partial charge is 0.119 e. The largest absolute Gasteiger partial charge is 0.494 e. The van der Waals surface area contributed by atoms with E-state index >= 15 is 0 Å². The lowest BCUT2D eigenvalue weighted by atomic mass is 10.2. The molecular formula is C15H23NO2. The van der Waals surface area contributed by atoms with Crippen molar-refractivity contribution in [2.45, 2.75) is 13.3 Å². The molecule has 1 aromatic carbocycles. The van der Waals surface area contributed by atoms with Crippen LogP contribution in [0.4, 0.5) is 0 Å². The van der Waals surface area contributed by atoms with E-state index in [2.05, 4.69) is 29.6 Å². The van der Waals surface area contributed by atoms with Gasteiger partial charge in [-0.05, 0) is 37.6 Å². The second-order valence-electron chi connectivity index (χ2n) is 3.94. The Morgan fingerprint density at radius 3 is 2.94 bits per heavy atom. The number of hydrogen-bond acceptors (Lipinski definition) is 3. The Labute approximate surface area is 110 Å². The van der Waals surface area contributed by atoms with Gasteiger partial charge < -0.3 is 14.8 Å².